The summed E-state index contributed by atoms with van der Waals surface area (Å²) in [6.07, 6.45) is 0.279. The van der Waals surface area contributed by atoms with Gasteiger partial charge in [0.15, 0.2) is 0 Å². The summed E-state index contributed by atoms with van der Waals surface area (Å²) < 4.78 is 11.3. The third-order valence-corrected chi connectivity index (χ3v) is 4.84. The predicted molar refractivity (Wildman–Crippen MR) is 116 cm³/mol. The Balaban J connectivity index is 1.45. The Labute approximate surface area is 178 Å². The lowest BCUT2D eigenvalue weighted by Gasteiger charge is -2.24. The van der Waals surface area contributed by atoms with Crippen LogP contribution in [0.15, 0.2) is 54.6 Å². The van der Waals surface area contributed by atoms with E-state index in [4.69, 9.17) is 9.47 Å². The first-order valence-electron chi connectivity index (χ1n) is 10.4. The molecule has 1 saturated heterocycles. The smallest absolute Gasteiger partial charge is 0.410 e. The lowest BCUT2D eigenvalue weighted by atomic mass is 10.1. The molecule has 0 saturated carbocycles. The van der Waals surface area contributed by atoms with Crippen molar-refractivity contribution in [3.63, 3.8) is 0 Å². The van der Waals surface area contributed by atoms with Crippen LogP contribution in [-0.4, -0.2) is 48.7 Å². The number of benzene rings is 2. The van der Waals surface area contributed by atoms with E-state index in [-0.39, 0.29) is 17.9 Å². The Morgan fingerprint density at radius 3 is 2.50 bits per heavy atom. The van der Waals surface area contributed by atoms with Gasteiger partial charge in [0, 0.05) is 18.7 Å². The number of para-hydroxylation sites is 1. The first-order valence-corrected chi connectivity index (χ1v) is 10.4. The Kier molecular flexibility index (Phi) is 6.98. The molecule has 3 rings (SSSR count). The van der Waals surface area contributed by atoms with Crippen LogP contribution in [-0.2, 0) is 9.53 Å². The molecule has 1 aliphatic heterocycles. The summed E-state index contributed by atoms with van der Waals surface area (Å²) in [5, 5.41) is 2.92. The van der Waals surface area contributed by atoms with Gasteiger partial charge in [0.1, 0.15) is 18.0 Å². The fourth-order valence-corrected chi connectivity index (χ4v) is 3.39. The van der Waals surface area contributed by atoms with Crippen LogP contribution in [0.2, 0.25) is 0 Å². The minimum Gasteiger partial charge on any atom is -0.491 e. The van der Waals surface area contributed by atoms with Crippen molar-refractivity contribution in [1.82, 2.24) is 10.2 Å². The third kappa shape index (κ3) is 5.99. The van der Waals surface area contributed by atoms with Crippen molar-refractivity contribution in [2.45, 2.75) is 32.8 Å². The lowest BCUT2D eigenvalue weighted by Crippen LogP contribution is -2.38. The summed E-state index contributed by atoms with van der Waals surface area (Å²) in [7, 11) is 0. The minimum absolute atomic E-state index is 0.0546. The number of amides is 2. The van der Waals surface area contributed by atoms with Gasteiger partial charge in [-0.2, -0.15) is 0 Å². The van der Waals surface area contributed by atoms with Gasteiger partial charge in [-0.15, -0.1) is 0 Å². The molecular formula is C24H30N2O4. The number of ether oxygens (including phenoxy) is 2. The van der Waals surface area contributed by atoms with E-state index in [1.54, 1.807) is 4.90 Å². The van der Waals surface area contributed by atoms with Gasteiger partial charge in [-0.25, -0.2) is 4.79 Å². The summed E-state index contributed by atoms with van der Waals surface area (Å²) in [6.45, 7) is 7.21. The third-order valence-electron chi connectivity index (χ3n) is 4.84. The molecule has 2 aromatic rings. The highest BCUT2D eigenvalue weighted by atomic mass is 16.6. The van der Waals surface area contributed by atoms with Crippen LogP contribution in [0, 0.1) is 5.92 Å². The molecule has 1 aliphatic rings. The number of hydrogen-bond acceptors (Lipinski definition) is 4. The molecule has 0 bridgehead atoms. The van der Waals surface area contributed by atoms with E-state index in [1.165, 1.54) is 0 Å². The van der Waals surface area contributed by atoms with E-state index in [1.807, 2.05) is 75.4 Å². The van der Waals surface area contributed by atoms with Crippen LogP contribution in [0.25, 0.3) is 11.1 Å². The van der Waals surface area contributed by atoms with Gasteiger partial charge in [-0.05, 0) is 38.8 Å². The van der Waals surface area contributed by atoms with Crippen LogP contribution in [0.4, 0.5) is 4.79 Å². The molecule has 1 N–H and O–H groups in total. The van der Waals surface area contributed by atoms with Gasteiger partial charge in [-0.3, -0.25) is 4.79 Å². The zero-order valence-corrected chi connectivity index (χ0v) is 17.9. The summed E-state index contributed by atoms with van der Waals surface area (Å²) in [5.41, 5.74) is 1.57. The number of carbonyl (C=O) groups excluding carboxylic acids is 2. The van der Waals surface area contributed by atoms with Gasteiger partial charge >= 0.3 is 6.09 Å². The van der Waals surface area contributed by atoms with Gasteiger partial charge in [0.2, 0.25) is 5.91 Å². The molecule has 160 valence electrons. The van der Waals surface area contributed by atoms with Crippen LogP contribution in [0.1, 0.15) is 27.2 Å². The van der Waals surface area contributed by atoms with Crippen LogP contribution in [0.3, 0.4) is 0 Å². The van der Waals surface area contributed by atoms with E-state index in [0.717, 1.165) is 16.9 Å². The summed E-state index contributed by atoms with van der Waals surface area (Å²) in [5.74, 6) is 0.519. The molecule has 30 heavy (non-hydrogen) atoms. The Morgan fingerprint density at radius 2 is 1.77 bits per heavy atom. The molecule has 2 aromatic carbocycles. The normalized spacial score (nSPS) is 16.2. The molecule has 1 heterocycles. The number of likely N-dealkylation sites (tertiary alicyclic amines) is 1. The predicted octanol–water partition coefficient (Wildman–Crippen LogP) is 4.11. The maximum absolute atomic E-state index is 12.5. The van der Waals surface area contributed by atoms with E-state index in [0.29, 0.717) is 32.7 Å². The van der Waals surface area contributed by atoms with Gasteiger partial charge in [0.25, 0.3) is 0 Å². The maximum Gasteiger partial charge on any atom is 0.410 e. The molecule has 0 spiro atoms. The molecule has 0 aliphatic carbocycles. The average molecular weight is 411 g/mol. The zero-order valence-electron chi connectivity index (χ0n) is 17.9. The fraction of sp³-hybridized carbons (Fsp3) is 0.417. The van der Waals surface area contributed by atoms with Crippen molar-refractivity contribution in [2.24, 2.45) is 5.92 Å². The summed E-state index contributed by atoms with van der Waals surface area (Å²) in [6, 6.07) is 17.9. The van der Waals surface area contributed by atoms with Crippen LogP contribution < -0.4 is 10.1 Å². The first-order chi connectivity index (χ1) is 14.3. The van der Waals surface area contributed by atoms with Crippen molar-refractivity contribution in [2.75, 3.05) is 26.2 Å². The number of hydrogen-bond donors (Lipinski definition) is 1. The standard InChI is InChI=1S/C24H30N2O4/c1-24(2,3)30-23(28)26-15-13-19(17-26)22(27)25-14-16-29-21-12-8-7-11-20(21)18-9-5-4-6-10-18/h4-12,19H,13-17H2,1-3H3,(H,25,27). The monoisotopic (exact) mass is 410 g/mol. The first kappa shape index (κ1) is 21.7. The van der Waals surface area contributed by atoms with E-state index in [2.05, 4.69) is 5.32 Å². The van der Waals surface area contributed by atoms with Crippen molar-refractivity contribution in [1.29, 1.82) is 0 Å². The van der Waals surface area contributed by atoms with Crippen molar-refractivity contribution < 1.29 is 19.1 Å². The highest BCUT2D eigenvalue weighted by Crippen LogP contribution is 2.29. The fourth-order valence-electron chi connectivity index (χ4n) is 3.39. The van der Waals surface area contributed by atoms with E-state index < -0.39 is 5.60 Å². The van der Waals surface area contributed by atoms with Crippen molar-refractivity contribution in [3.8, 4) is 16.9 Å². The molecule has 1 unspecified atom stereocenters. The Bertz CT molecular complexity index is 861. The van der Waals surface area contributed by atoms with E-state index >= 15 is 0 Å². The number of nitrogens with zero attached hydrogens (tertiary/aromatic N) is 1. The van der Waals surface area contributed by atoms with E-state index in [9.17, 15) is 9.59 Å². The summed E-state index contributed by atoms with van der Waals surface area (Å²) >= 11 is 0. The highest BCUT2D eigenvalue weighted by molar-refractivity contribution is 5.80. The molecular weight excluding hydrogens is 380 g/mol. The molecule has 0 aromatic heterocycles. The maximum atomic E-state index is 12.5. The van der Waals surface area contributed by atoms with Crippen molar-refractivity contribution >= 4 is 12.0 Å². The molecule has 1 fully saturated rings. The Morgan fingerprint density at radius 1 is 1.07 bits per heavy atom. The number of nitrogens with one attached hydrogen (secondary N) is 1. The van der Waals surface area contributed by atoms with Crippen LogP contribution >= 0.6 is 0 Å². The van der Waals surface area contributed by atoms with Gasteiger partial charge < -0.3 is 19.7 Å². The average Bonchev–Trinajstić information content (AvgIpc) is 3.21. The topological polar surface area (TPSA) is 67.9 Å². The molecule has 0 radical (unpaired) electrons. The lowest BCUT2D eigenvalue weighted by molar-refractivity contribution is -0.124. The van der Waals surface area contributed by atoms with Crippen molar-refractivity contribution in [3.05, 3.63) is 54.6 Å². The van der Waals surface area contributed by atoms with Crippen LogP contribution in [0.5, 0.6) is 5.75 Å². The number of rotatable bonds is 6. The second kappa shape index (κ2) is 9.65. The molecule has 6 nitrogen and oxygen atoms in total. The minimum atomic E-state index is -0.537. The van der Waals surface area contributed by atoms with Gasteiger partial charge in [0.05, 0.1) is 12.5 Å². The molecule has 6 heteroatoms. The molecule has 2 amide bonds. The second-order valence-corrected chi connectivity index (χ2v) is 8.41. The second-order valence-electron chi connectivity index (χ2n) is 8.41. The Hall–Kier alpha value is -3.02. The quantitative estimate of drug-likeness (QED) is 0.728. The number of carbonyl (C=O) groups is 2. The summed E-state index contributed by atoms with van der Waals surface area (Å²) in [4.78, 5) is 26.2. The zero-order chi connectivity index (χ0) is 21.6. The SMILES string of the molecule is CC(C)(C)OC(=O)N1CCC(C(=O)NCCOc2ccccc2-c2ccccc2)C1. The molecule has 1 atom stereocenters. The highest BCUT2D eigenvalue weighted by Gasteiger charge is 2.33. The largest absolute Gasteiger partial charge is 0.491 e. The van der Waals surface area contributed by atoms with Gasteiger partial charge in [-0.1, -0.05) is 48.5 Å².